The van der Waals surface area contributed by atoms with Crippen LogP contribution >= 0.6 is 0 Å². The van der Waals surface area contributed by atoms with E-state index < -0.39 is 0 Å². The van der Waals surface area contributed by atoms with Gasteiger partial charge in [-0.1, -0.05) is 13.8 Å². The lowest BCUT2D eigenvalue weighted by Gasteiger charge is -2.17. The lowest BCUT2D eigenvalue weighted by atomic mass is 10.3. The Morgan fingerprint density at radius 3 is 2.83 bits per heavy atom. The molecule has 0 aliphatic heterocycles. The number of hydrogen-bond acceptors (Lipinski definition) is 4. The van der Waals surface area contributed by atoms with Crippen molar-refractivity contribution in [2.75, 3.05) is 20.2 Å². The van der Waals surface area contributed by atoms with Crippen LogP contribution in [0.2, 0.25) is 0 Å². The number of carbonyl (C=O) groups is 1. The molecule has 0 saturated heterocycles. The fraction of sp³-hybridized carbons (Fsp3) is 0.692. The smallest absolute Gasteiger partial charge is 0.319 e. The Labute approximate surface area is 109 Å². The van der Waals surface area contributed by atoms with Gasteiger partial charge in [0.05, 0.1) is 19.3 Å². The number of esters is 1. The van der Waals surface area contributed by atoms with E-state index in [2.05, 4.69) is 23.7 Å². The van der Waals surface area contributed by atoms with Gasteiger partial charge < -0.3 is 4.74 Å². The average molecular weight is 253 g/mol. The van der Waals surface area contributed by atoms with Gasteiger partial charge in [-0.2, -0.15) is 5.10 Å². The highest BCUT2D eigenvalue weighted by Gasteiger charge is 2.12. The predicted molar refractivity (Wildman–Crippen MR) is 70.2 cm³/mol. The van der Waals surface area contributed by atoms with Crippen molar-refractivity contribution in [1.29, 1.82) is 0 Å². The van der Waals surface area contributed by atoms with Crippen molar-refractivity contribution in [3.63, 3.8) is 0 Å². The molecule has 0 N–H and O–H groups in total. The Hall–Kier alpha value is -1.36. The summed E-state index contributed by atoms with van der Waals surface area (Å²) >= 11 is 0. The van der Waals surface area contributed by atoms with Gasteiger partial charge in [0.15, 0.2) is 0 Å². The first-order chi connectivity index (χ1) is 8.60. The van der Waals surface area contributed by atoms with Crippen LogP contribution in [-0.4, -0.2) is 40.8 Å². The summed E-state index contributed by atoms with van der Waals surface area (Å²) in [5.41, 5.74) is 0.987. The molecule has 1 rings (SSSR count). The zero-order valence-corrected chi connectivity index (χ0v) is 11.7. The van der Waals surface area contributed by atoms with Crippen LogP contribution in [-0.2, 0) is 16.1 Å². The molecule has 0 fully saturated rings. The van der Waals surface area contributed by atoms with Crippen molar-refractivity contribution in [2.45, 2.75) is 39.8 Å². The number of ether oxygens (including phenoxy) is 1. The number of methoxy groups -OCH3 is 1. The molecule has 1 aromatic rings. The van der Waals surface area contributed by atoms with Gasteiger partial charge in [-0.3, -0.25) is 14.4 Å². The molecule has 5 nitrogen and oxygen atoms in total. The number of likely N-dealkylation sites (N-methyl/N-ethyl adjacent to an activating group) is 1. The second kappa shape index (κ2) is 7.16. The van der Waals surface area contributed by atoms with Crippen LogP contribution in [0.3, 0.4) is 0 Å². The fourth-order valence-electron chi connectivity index (χ4n) is 1.65. The minimum Gasteiger partial charge on any atom is -0.468 e. The largest absolute Gasteiger partial charge is 0.468 e. The normalized spacial score (nSPS) is 12.7. The van der Waals surface area contributed by atoms with Gasteiger partial charge >= 0.3 is 5.97 Å². The maximum absolute atomic E-state index is 11.2. The molecule has 0 spiro atoms. The molecule has 0 aromatic carbocycles. The molecule has 0 saturated carbocycles. The van der Waals surface area contributed by atoms with Crippen LogP contribution in [0, 0.1) is 0 Å². The van der Waals surface area contributed by atoms with E-state index in [1.54, 1.807) is 0 Å². The van der Waals surface area contributed by atoms with Gasteiger partial charge in [-0.05, 0) is 26.0 Å². The van der Waals surface area contributed by atoms with E-state index in [9.17, 15) is 4.79 Å². The first-order valence-electron chi connectivity index (χ1n) is 6.43. The lowest BCUT2D eigenvalue weighted by molar-refractivity contribution is -0.142. The zero-order valence-electron chi connectivity index (χ0n) is 11.7. The number of aromatic nitrogens is 2. The lowest BCUT2D eigenvalue weighted by Crippen LogP contribution is -2.30. The van der Waals surface area contributed by atoms with Gasteiger partial charge in [0, 0.05) is 18.8 Å². The van der Waals surface area contributed by atoms with Crippen molar-refractivity contribution < 1.29 is 9.53 Å². The molecule has 0 aliphatic carbocycles. The summed E-state index contributed by atoms with van der Waals surface area (Å²) in [5, 5.41) is 4.52. The summed E-state index contributed by atoms with van der Waals surface area (Å²) in [7, 11) is 1.41. The van der Waals surface area contributed by atoms with E-state index >= 15 is 0 Å². The predicted octanol–water partition coefficient (Wildman–Crippen LogP) is 1.85. The molecule has 1 aromatic heterocycles. The number of nitrogens with zero attached hydrogens (tertiary/aromatic N) is 3. The van der Waals surface area contributed by atoms with Gasteiger partial charge in [-0.25, -0.2) is 0 Å². The van der Waals surface area contributed by atoms with Crippen LogP contribution in [0.4, 0.5) is 0 Å². The minimum atomic E-state index is -0.210. The fourth-order valence-corrected chi connectivity index (χ4v) is 1.65. The molecule has 1 heterocycles. The Kier molecular flexibility index (Phi) is 5.85. The first kappa shape index (κ1) is 14.7. The number of hydrogen-bond donors (Lipinski definition) is 0. The topological polar surface area (TPSA) is 47.4 Å². The highest BCUT2D eigenvalue weighted by Crippen LogP contribution is 2.10. The highest BCUT2D eigenvalue weighted by molar-refractivity contribution is 5.71. The summed E-state index contributed by atoms with van der Waals surface area (Å²) in [6, 6.07) is 2.42. The van der Waals surface area contributed by atoms with E-state index in [1.165, 1.54) is 7.11 Å². The van der Waals surface area contributed by atoms with E-state index in [4.69, 9.17) is 0 Å². The van der Waals surface area contributed by atoms with E-state index in [0.29, 0.717) is 19.1 Å². The first-order valence-corrected chi connectivity index (χ1v) is 6.43. The van der Waals surface area contributed by atoms with Crippen molar-refractivity contribution in [2.24, 2.45) is 0 Å². The maximum atomic E-state index is 11.2. The number of carbonyl (C=O) groups excluding carboxylic acids is 1. The Bertz CT molecular complexity index is 376. The van der Waals surface area contributed by atoms with Crippen molar-refractivity contribution >= 4 is 5.97 Å². The third-order valence-electron chi connectivity index (χ3n) is 3.12. The van der Waals surface area contributed by atoms with Gasteiger partial charge in [0.25, 0.3) is 0 Å². The van der Waals surface area contributed by atoms with Crippen LogP contribution in [0.25, 0.3) is 0 Å². The van der Waals surface area contributed by atoms with E-state index in [1.807, 2.05) is 28.8 Å². The highest BCUT2D eigenvalue weighted by atomic mass is 16.5. The summed E-state index contributed by atoms with van der Waals surface area (Å²) < 4.78 is 6.65. The van der Waals surface area contributed by atoms with Gasteiger partial charge in [0.2, 0.25) is 0 Å². The molecule has 0 aliphatic rings. The maximum Gasteiger partial charge on any atom is 0.319 e. The third-order valence-corrected chi connectivity index (χ3v) is 3.12. The second-order valence-electron chi connectivity index (χ2n) is 4.42. The van der Waals surface area contributed by atoms with Crippen LogP contribution in [0.5, 0.6) is 0 Å². The van der Waals surface area contributed by atoms with Crippen molar-refractivity contribution in [3.05, 3.63) is 18.0 Å². The molecular formula is C13H23N3O2. The third kappa shape index (κ3) is 4.14. The second-order valence-corrected chi connectivity index (χ2v) is 4.42. The minimum absolute atomic E-state index is 0.210. The van der Waals surface area contributed by atoms with E-state index in [-0.39, 0.29) is 5.97 Å². The molecule has 0 bridgehead atoms. The average Bonchev–Trinajstić information content (AvgIpc) is 2.85. The summed E-state index contributed by atoms with van der Waals surface area (Å²) in [6.07, 6.45) is 3.05. The van der Waals surface area contributed by atoms with Crippen LogP contribution < -0.4 is 0 Å². The Morgan fingerprint density at radius 2 is 2.28 bits per heavy atom. The molecule has 1 unspecified atom stereocenters. The van der Waals surface area contributed by atoms with Gasteiger partial charge in [0.1, 0.15) is 0 Å². The molecule has 1 atom stereocenters. The monoisotopic (exact) mass is 253 g/mol. The summed E-state index contributed by atoms with van der Waals surface area (Å²) in [5.74, 6) is -0.210. The Morgan fingerprint density at radius 1 is 1.56 bits per heavy atom. The zero-order chi connectivity index (χ0) is 13.5. The summed E-state index contributed by atoms with van der Waals surface area (Å²) in [6.45, 7) is 8.09. The van der Waals surface area contributed by atoms with Crippen molar-refractivity contribution in [3.8, 4) is 0 Å². The SMILES string of the molecule is CCC(C)n1ccc(CN(CC)CC(=O)OC)n1. The standard InChI is InChI=1S/C13H23N3O2/c1-5-11(3)16-8-7-12(14-16)9-15(6-2)10-13(17)18-4/h7-8,11H,5-6,9-10H2,1-4H3. The van der Waals surface area contributed by atoms with Crippen molar-refractivity contribution in [1.82, 2.24) is 14.7 Å². The quantitative estimate of drug-likeness (QED) is 0.696. The van der Waals surface area contributed by atoms with Gasteiger partial charge in [-0.15, -0.1) is 0 Å². The molecule has 0 radical (unpaired) electrons. The molecule has 102 valence electrons. The van der Waals surface area contributed by atoms with Crippen LogP contribution in [0.15, 0.2) is 12.3 Å². The van der Waals surface area contributed by atoms with E-state index in [0.717, 1.165) is 18.7 Å². The molecule has 18 heavy (non-hydrogen) atoms. The molecular weight excluding hydrogens is 230 g/mol. The van der Waals surface area contributed by atoms with Crippen LogP contribution in [0.1, 0.15) is 38.9 Å². The Balaban J connectivity index is 2.59. The molecule has 0 amide bonds. The number of rotatable bonds is 7. The summed E-state index contributed by atoms with van der Waals surface area (Å²) in [4.78, 5) is 13.3. The molecule has 5 heteroatoms.